The number of hydrogen-bond donors (Lipinski definition) is 1. The Morgan fingerprint density at radius 1 is 1.19 bits per heavy atom. The first kappa shape index (κ1) is 26.2. The molecule has 0 unspecified atom stereocenters. The largest absolute Gasteiger partial charge is 0.497 e. The highest BCUT2D eigenvalue weighted by Gasteiger charge is 2.23. The number of halogens is 1. The fourth-order valence-corrected chi connectivity index (χ4v) is 5.76. The highest BCUT2D eigenvalue weighted by atomic mass is 35.5. The van der Waals surface area contributed by atoms with Crippen molar-refractivity contribution in [3.05, 3.63) is 69.0 Å². The molecule has 1 saturated heterocycles. The van der Waals surface area contributed by atoms with Crippen LogP contribution in [0, 0.1) is 10.1 Å². The number of rotatable bonds is 10. The van der Waals surface area contributed by atoms with Crippen LogP contribution in [0.2, 0.25) is 5.02 Å². The second-order valence-corrected chi connectivity index (χ2v) is 11.0. The predicted molar refractivity (Wildman–Crippen MR) is 138 cm³/mol. The molecule has 0 spiro atoms. The molecule has 1 aromatic heterocycles. The Morgan fingerprint density at radius 3 is 2.69 bits per heavy atom. The minimum atomic E-state index is -3.89. The van der Waals surface area contributed by atoms with Crippen LogP contribution in [-0.2, 0) is 16.4 Å². The summed E-state index contributed by atoms with van der Waals surface area (Å²) in [7, 11) is -2.25. The Morgan fingerprint density at radius 2 is 1.97 bits per heavy atom. The van der Waals surface area contributed by atoms with Crippen LogP contribution in [0.15, 0.2) is 47.4 Å². The summed E-state index contributed by atoms with van der Waals surface area (Å²) in [6.45, 7) is 3.70. The van der Waals surface area contributed by atoms with Gasteiger partial charge in [0.05, 0.1) is 16.9 Å². The molecule has 4 rings (SSSR count). The molecule has 0 atom stereocenters. The van der Waals surface area contributed by atoms with Gasteiger partial charge in [-0.1, -0.05) is 23.7 Å². The van der Waals surface area contributed by atoms with Gasteiger partial charge in [0.25, 0.3) is 5.69 Å². The Kier molecular flexibility index (Phi) is 8.36. The van der Waals surface area contributed by atoms with Crippen molar-refractivity contribution in [3.63, 3.8) is 0 Å². The van der Waals surface area contributed by atoms with Gasteiger partial charge in [0.15, 0.2) is 0 Å². The van der Waals surface area contributed by atoms with E-state index in [0.29, 0.717) is 13.0 Å². The molecule has 1 aliphatic rings. The van der Waals surface area contributed by atoms with Crippen molar-refractivity contribution in [2.24, 2.45) is 0 Å². The van der Waals surface area contributed by atoms with Gasteiger partial charge in [-0.2, -0.15) is 4.37 Å². The molecule has 2 aromatic carbocycles. The second-order valence-electron chi connectivity index (χ2n) is 8.12. The van der Waals surface area contributed by atoms with Crippen molar-refractivity contribution in [3.8, 4) is 5.75 Å². The van der Waals surface area contributed by atoms with Crippen molar-refractivity contribution in [2.45, 2.75) is 11.3 Å². The lowest BCUT2D eigenvalue weighted by Gasteiger charge is -2.34. The summed E-state index contributed by atoms with van der Waals surface area (Å²) in [4.78, 5) is 19.2. The summed E-state index contributed by atoms with van der Waals surface area (Å²) in [5, 5.41) is 11.8. The lowest BCUT2D eigenvalue weighted by molar-refractivity contribution is -0.384. The number of benzene rings is 2. The molecule has 36 heavy (non-hydrogen) atoms. The Hall–Kier alpha value is -2.84. The van der Waals surface area contributed by atoms with Crippen molar-refractivity contribution in [2.75, 3.05) is 51.3 Å². The molecule has 0 radical (unpaired) electrons. The summed E-state index contributed by atoms with van der Waals surface area (Å²) in [5.74, 6) is 1.57. The maximum Gasteiger partial charge on any atom is 0.289 e. The van der Waals surface area contributed by atoms with Gasteiger partial charge in [0, 0.05) is 63.3 Å². The van der Waals surface area contributed by atoms with Gasteiger partial charge >= 0.3 is 0 Å². The summed E-state index contributed by atoms with van der Waals surface area (Å²) >= 11 is 7.15. The minimum absolute atomic E-state index is 0.111. The molecular formula is C22H25ClN6O5S2. The van der Waals surface area contributed by atoms with E-state index in [1.165, 1.54) is 23.7 Å². The number of nitrogens with zero attached hydrogens (tertiary/aromatic N) is 5. The third-order valence-electron chi connectivity index (χ3n) is 5.74. The van der Waals surface area contributed by atoms with Crippen LogP contribution >= 0.6 is 23.1 Å². The zero-order valence-corrected chi connectivity index (χ0v) is 21.9. The van der Waals surface area contributed by atoms with Crippen LogP contribution < -0.4 is 14.4 Å². The van der Waals surface area contributed by atoms with Crippen molar-refractivity contribution in [1.29, 1.82) is 0 Å². The minimum Gasteiger partial charge on any atom is -0.497 e. The van der Waals surface area contributed by atoms with E-state index in [-0.39, 0.29) is 16.5 Å². The van der Waals surface area contributed by atoms with Gasteiger partial charge in [-0.15, -0.1) is 0 Å². The zero-order chi connectivity index (χ0) is 25.7. The topological polar surface area (TPSA) is 131 Å². The van der Waals surface area contributed by atoms with Crippen LogP contribution in [-0.4, -0.2) is 74.0 Å². The van der Waals surface area contributed by atoms with E-state index in [0.717, 1.165) is 54.5 Å². The van der Waals surface area contributed by atoms with Crippen LogP contribution in [0.4, 0.5) is 10.8 Å². The summed E-state index contributed by atoms with van der Waals surface area (Å²) in [5.41, 5.74) is 0.637. The third-order valence-corrected chi connectivity index (χ3v) is 8.33. The van der Waals surface area contributed by atoms with E-state index >= 15 is 0 Å². The number of methoxy groups -OCH3 is 1. The summed E-state index contributed by atoms with van der Waals surface area (Å²) < 4.78 is 37.4. The van der Waals surface area contributed by atoms with Gasteiger partial charge in [-0.05, 0) is 29.8 Å². The van der Waals surface area contributed by atoms with Crippen molar-refractivity contribution >= 4 is 44.0 Å². The number of sulfonamides is 1. The lowest BCUT2D eigenvalue weighted by Crippen LogP contribution is -2.48. The molecule has 0 amide bonds. The molecule has 11 nitrogen and oxygen atoms in total. The second kappa shape index (κ2) is 11.5. The van der Waals surface area contributed by atoms with E-state index < -0.39 is 20.6 Å². The first-order chi connectivity index (χ1) is 17.2. The molecule has 0 bridgehead atoms. The molecular weight excluding hydrogens is 528 g/mol. The number of piperazine rings is 1. The maximum absolute atomic E-state index is 12.5. The SMILES string of the molecule is COc1cccc(Cc2nsc(N3CCN(CCNS(=O)(=O)c4ccc(Cl)c([N+](=O)[O-])c4)CC3)n2)c1. The fourth-order valence-electron chi connectivity index (χ4n) is 3.79. The van der Waals surface area contributed by atoms with E-state index in [4.69, 9.17) is 16.3 Å². The third kappa shape index (κ3) is 6.48. The zero-order valence-electron chi connectivity index (χ0n) is 19.5. The van der Waals surface area contributed by atoms with Crippen molar-refractivity contribution in [1.82, 2.24) is 19.0 Å². The molecule has 1 N–H and O–H groups in total. The predicted octanol–water partition coefficient (Wildman–Crippen LogP) is 2.80. The molecule has 192 valence electrons. The average molecular weight is 553 g/mol. The van der Waals surface area contributed by atoms with E-state index in [1.807, 2.05) is 24.3 Å². The molecule has 0 saturated carbocycles. The Bertz CT molecular complexity index is 1330. The standard InChI is InChI=1S/C22H25ClN6O5S2/c1-34-17-4-2-3-16(13-17)14-21-25-22(35-26-21)28-11-9-27(10-12-28)8-7-24-36(32,33)18-5-6-19(23)20(15-18)29(30)31/h2-6,13,15,24H,7-12,14H2,1H3. The number of hydrogen-bond acceptors (Lipinski definition) is 10. The van der Waals surface area contributed by atoms with Crippen LogP contribution in [0.3, 0.4) is 0 Å². The van der Waals surface area contributed by atoms with Gasteiger partial charge in [-0.25, -0.2) is 18.1 Å². The quantitative estimate of drug-likeness (QED) is 0.298. The van der Waals surface area contributed by atoms with Crippen LogP contribution in [0.25, 0.3) is 0 Å². The van der Waals surface area contributed by atoms with Crippen molar-refractivity contribution < 1.29 is 18.1 Å². The van der Waals surface area contributed by atoms with Gasteiger partial charge < -0.3 is 9.64 Å². The molecule has 14 heteroatoms. The summed E-state index contributed by atoms with van der Waals surface area (Å²) in [6, 6.07) is 11.3. The molecule has 1 fully saturated rings. The van der Waals surface area contributed by atoms with E-state index in [1.54, 1.807) is 7.11 Å². The summed E-state index contributed by atoms with van der Waals surface area (Å²) in [6.07, 6.45) is 0.630. The smallest absolute Gasteiger partial charge is 0.289 e. The van der Waals surface area contributed by atoms with Gasteiger partial charge in [-0.3, -0.25) is 15.0 Å². The molecule has 3 aromatic rings. The number of aromatic nitrogens is 2. The Balaban J connectivity index is 1.25. The maximum atomic E-state index is 12.5. The van der Waals surface area contributed by atoms with Crippen LogP contribution in [0.1, 0.15) is 11.4 Å². The fraction of sp³-hybridized carbons (Fsp3) is 0.364. The first-order valence-electron chi connectivity index (χ1n) is 11.1. The highest BCUT2D eigenvalue weighted by Crippen LogP contribution is 2.27. The van der Waals surface area contributed by atoms with Gasteiger partial charge in [0.1, 0.15) is 16.6 Å². The van der Waals surface area contributed by atoms with E-state index in [9.17, 15) is 18.5 Å². The molecule has 1 aliphatic heterocycles. The first-order valence-corrected chi connectivity index (χ1v) is 13.7. The molecule has 2 heterocycles. The molecule has 0 aliphatic carbocycles. The number of nitrogens with one attached hydrogen (secondary N) is 1. The van der Waals surface area contributed by atoms with Gasteiger partial charge in [0.2, 0.25) is 15.2 Å². The highest BCUT2D eigenvalue weighted by molar-refractivity contribution is 7.89. The normalized spacial score (nSPS) is 14.7. The van der Waals surface area contributed by atoms with E-state index in [2.05, 4.69) is 23.9 Å². The average Bonchev–Trinajstić information content (AvgIpc) is 3.33. The number of nitro groups is 1. The number of anilines is 1. The number of nitro benzene ring substituents is 1. The monoisotopic (exact) mass is 552 g/mol. The van der Waals surface area contributed by atoms with Crippen LogP contribution in [0.5, 0.6) is 5.75 Å². The number of ether oxygens (including phenoxy) is 1. The lowest BCUT2D eigenvalue weighted by atomic mass is 10.1. The Labute approximate surface area is 218 Å².